The van der Waals surface area contributed by atoms with Crippen molar-refractivity contribution in [1.82, 2.24) is 15.2 Å². The lowest BCUT2D eigenvalue weighted by atomic mass is 10.0. The number of aromatic amines is 1. The summed E-state index contributed by atoms with van der Waals surface area (Å²) in [6.45, 7) is 7.20. The number of hydrogen-bond donors (Lipinski definition) is 3. The van der Waals surface area contributed by atoms with E-state index in [-0.39, 0.29) is 22.5 Å². The number of rotatable bonds is 8. The van der Waals surface area contributed by atoms with Gasteiger partial charge in [-0.15, -0.1) is 0 Å². The van der Waals surface area contributed by atoms with E-state index in [0.717, 1.165) is 25.2 Å². The Bertz CT molecular complexity index is 1590. The molecule has 0 saturated carbocycles. The van der Waals surface area contributed by atoms with Gasteiger partial charge in [0.15, 0.2) is 9.84 Å². The lowest BCUT2D eigenvalue weighted by Gasteiger charge is -2.14. The molecule has 5 rings (SSSR count). The molecule has 3 N–H and O–H groups in total. The van der Waals surface area contributed by atoms with E-state index < -0.39 is 9.84 Å². The van der Waals surface area contributed by atoms with Gasteiger partial charge in [0.05, 0.1) is 21.8 Å². The first-order valence-corrected chi connectivity index (χ1v) is 15.0. The third kappa shape index (κ3) is 5.80. The van der Waals surface area contributed by atoms with Crippen LogP contribution in [0, 0.1) is 13.8 Å². The largest absolute Gasteiger partial charge is 0.358 e. The SMILES string of the molecule is Cc1[nH]c(C=C2C(=O)Nc3ccc(S(=O)(=O)Cc4cccc(Cl)c4)cc32)c(C)c1C(=O)NCCN1CCCC1. The van der Waals surface area contributed by atoms with Gasteiger partial charge in [-0.3, -0.25) is 9.59 Å². The average Bonchev–Trinajstić information content (AvgIpc) is 3.57. The molecule has 2 aliphatic rings. The van der Waals surface area contributed by atoms with Gasteiger partial charge in [-0.2, -0.15) is 0 Å². The van der Waals surface area contributed by atoms with Gasteiger partial charge in [-0.05, 0) is 87.3 Å². The summed E-state index contributed by atoms with van der Waals surface area (Å²) in [4.78, 5) is 31.5. The Kier molecular flexibility index (Phi) is 7.66. The summed E-state index contributed by atoms with van der Waals surface area (Å²) in [7, 11) is -3.69. The molecule has 1 fully saturated rings. The zero-order valence-electron chi connectivity index (χ0n) is 21.9. The van der Waals surface area contributed by atoms with Gasteiger partial charge >= 0.3 is 0 Å². The van der Waals surface area contributed by atoms with Crippen LogP contribution in [0.15, 0.2) is 47.4 Å². The molecule has 3 heterocycles. The van der Waals surface area contributed by atoms with Crippen molar-refractivity contribution in [3.8, 4) is 0 Å². The summed E-state index contributed by atoms with van der Waals surface area (Å²) in [6.07, 6.45) is 4.08. The van der Waals surface area contributed by atoms with Crippen molar-refractivity contribution in [3.63, 3.8) is 0 Å². The lowest BCUT2D eigenvalue weighted by Crippen LogP contribution is -2.33. The first-order valence-electron chi connectivity index (χ1n) is 13.0. The van der Waals surface area contributed by atoms with Crippen LogP contribution < -0.4 is 10.6 Å². The minimum atomic E-state index is -3.69. The summed E-state index contributed by atoms with van der Waals surface area (Å²) in [5.41, 5.74) is 4.55. The molecule has 3 aromatic rings. The number of nitrogens with one attached hydrogen (secondary N) is 3. The minimum absolute atomic E-state index is 0.112. The Hall–Kier alpha value is -3.40. The zero-order chi connectivity index (χ0) is 27.7. The van der Waals surface area contributed by atoms with Crippen LogP contribution in [-0.2, 0) is 20.4 Å². The molecule has 39 heavy (non-hydrogen) atoms. The second kappa shape index (κ2) is 11.0. The van der Waals surface area contributed by atoms with Crippen molar-refractivity contribution >= 4 is 50.6 Å². The molecule has 204 valence electrons. The normalized spacial score (nSPS) is 16.5. The first-order chi connectivity index (χ1) is 18.6. The van der Waals surface area contributed by atoms with E-state index >= 15 is 0 Å². The van der Waals surface area contributed by atoms with E-state index in [1.54, 1.807) is 36.4 Å². The maximum Gasteiger partial charge on any atom is 0.256 e. The zero-order valence-corrected chi connectivity index (χ0v) is 23.5. The number of carbonyl (C=O) groups is 2. The maximum atomic E-state index is 13.2. The summed E-state index contributed by atoms with van der Waals surface area (Å²) in [5, 5.41) is 6.28. The molecular formula is C29H31ClN4O4S. The van der Waals surface area contributed by atoms with Crippen molar-refractivity contribution in [2.24, 2.45) is 0 Å². The highest BCUT2D eigenvalue weighted by Gasteiger charge is 2.28. The molecule has 10 heteroatoms. The number of sulfone groups is 1. The van der Waals surface area contributed by atoms with Gasteiger partial charge in [-0.25, -0.2) is 8.42 Å². The smallest absolute Gasteiger partial charge is 0.256 e. The van der Waals surface area contributed by atoms with Crippen molar-refractivity contribution in [2.45, 2.75) is 37.3 Å². The molecule has 0 spiro atoms. The third-order valence-electron chi connectivity index (χ3n) is 7.28. The number of nitrogens with zero attached hydrogens (tertiary/aromatic N) is 1. The molecular weight excluding hydrogens is 536 g/mol. The standard InChI is InChI=1S/C29H31ClN4O4S/c1-18-26(32-19(2)27(18)29(36)31-10-13-34-11-3-4-12-34)16-24-23-15-22(8-9-25(23)33-28(24)35)39(37,38)17-20-6-5-7-21(30)14-20/h5-9,14-16,32H,3-4,10-13,17H2,1-2H3,(H,31,36)(H,33,35). The first kappa shape index (κ1) is 27.2. The van der Waals surface area contributed by atoms with Crippen LogP contribution in [0.1, 0.15) is 51.3 Å². The van der Waals surface area contributed by atoms with E-state index in [4.69, 9.17) is 11.6 Å². The van der Waals surface area contributed by atoms with Crippen molar-refractivity contribution in [1.29, 1.82) is 0 Å². The minimum Gasteiger partial charge on any atom is -0.358 e. The highest BCUT2D eigenvalue weighted by Crippen LogP contribution is 2.36. The number of H-pyrrole nitrogens is 1. The number of aromatic nitrogens is 1. The van der Waals surface area contributed by atoms with Crippen LogP contribution in [0.2, 0.25) is 5.02 Å². The lowest BCUT2D eigenvalue weighted by molar-refractivity contribution is -0.110. The molecule has 2 amide bonds. The number of anilines is 1. The van der Waals surface area contributed by atoms with Crippen LogP contribution in [-0.4, -0.2) is 56.3 Å². The third-order valence-corrected chi connectivity index (χ3v) is 9.20. The van der Waals surface area contributed by atoms with E-state index in [1.165, 1.54) is 25.0 Å². The van der Waals surface area contributed by atoms with Crippen LogP contribution in [0.3, 0.4) is 0 Å². The van der Waals surface area contributed by atoms with Crippen LogP contribution >= 0.6 is 11.6 Å². The summed E-state index contributed by atoms with van der Waals surface area (Å²) >= 11 is 6.03. The van der Waals surface area contributed by atoms with Crippen LogP contribution in [0.4, 0.5) is 5.69 Å². The summed E-state index contributed by atoms with van der Waals surface area (Å²) in [5.74, 6) is -0.703. The Labute approximate surface area is 233 Å². The van der Waals surface area contributed by atoms with E-state index in [1.807, 2.05) is 13.8 Å². The highest BCUT2D eigenvalue weighted by molar-refractivity contribution is 7.90. The Morgan fingerprint density at radius 2 is 1.90 bits per heavy atom. The van der Waals surface area contributed by atoms with Gasteiger partial charge in [0.1, 0.15) is 0 Å². The molecule has 1 saturated heterocycles. The Morgan fingerprint density at radius 1 is 1.13 bits per heavy atom. The number of fused-ring (bicyclic) bond motifs is 1. The topological polar surface area (TPSA) is 111 Å². The predicted molar refractivity (Wildman–Crippen MR) is 154 cm³/mol. The average molecular weight is 567 g/mol. The number of halogens is 1. The van der Waals surface area contributed by atoms with Crippen LogP contribution in [0.5, 0.6) is 0 Å². The van der Waals surface area contributed by atoms with Crippen LogP contribution in [0.25, 0.3) is 11.6 Å². The molecule has 0 unspecified atom stereocenters. The monoisotopic (exact) mass is 566 g/mol. The second-order valence-corrected chi connectivity index (χ2v) is 12.5. The molecule has 1 aromatic heterocycles. The molecule has 0 radical (unpaired) electrons. The van der Waals surface area contributed by atoms with E-state index in [0.29, 0.717) is 50.9 Å². The fourth-order valence-electron chi connectivity index (χ4n) is 5.26. The molecule has 0 aliphatic carbocycles. The number of likely N-dealkylation sites (tertiary alicyclic amines) is 1. The number of amides is 2. The molecule has 2 aliphatic heterocycles. The number of hydrogen-bond acceptors (Lipinski definition) is 5. The molecule has 0 atom stereocenters. The maximum absolute atomic E-state index is 13.2. The molecule has 8 nitrogen and oxygen atoms in total. The number of carbonyl (C=O) groups excluding carboxylic acids is 2. The summed E-state index contributed by atoms with van der Waals surface area (Å²) in [6, 6.07) is 11.4. The van der Waals surface area contributed by atoms with Gasteiger partial charge in [0.2, 0.25) is 0 Å². The Morgan fingerprint density at radius 3 is 2.64 bits per heavy atom. The van der Waals surface area contributed by atoms with Crippen molar-refractivity contribution in [3.05, 3.63) is 81.1 Å². The van der Waals surface area contributed by atoms with Gasteiger partial charge in [0.25, 0.3) is 11.8 Å². The Balaban J connectivity index is 1.39. The predicted octanol–water partition coefficient (Wildman–Crippen LogP) is 4.58. The van der Waals surface area contributed by atoms with Crippen molar-refractivity contribution < 1.29 is 18.0 Å². The van der Waals surface area contributed by atoms with Crippen molar-refractivity contribution in [2.75, 3.05) is 31.5 Å². The number of aryl methyl sites for hydroxylation is 1. The van der Waals surface area contributed by atoms with Gasteiger partial charge in [0, 0.05) is 40.8 Å². The fourth-order valence-corrected chi connectivity index (χ4v) is 6.83. The van der Waals surface area contributed by atoms with Gasteiger partial charge in [-0.1, -0.05) is 23.7 Å². The quantitative estimate of drug-likeness (QED) is 0.346. The fraction of sp³-hybridized carbons (Fsp3) is 0.310. The van der Waals surface area contributed by atoms with E-state index in [2.05, 4.69) is 20.5 Å². The molecule has 2 aromatic carbocycles. The van der Waals surface area contributed by atoms with Gasteiger partial charge < -0.3 is 20.5 Å². The molecule has 0 bridgehead atoms. The summed E-state index contributed by atoms with van der Waals surface area (Å²) < 4.78 is 26.4. The number of benzene rings is 2. The second-order valence-electron chi connectivity index (χ2n) is 10.1. The highest BCUT2D eigenvalue weighted by atomic mass is 35.5. The van der Waals surface area contributed by atoms with E-state index in [9.17, 15) is 18.0 Å².